The van der Waals surface area contributed by atoms with Crippen molar-refractivity contribution in [3.05, 3.63) is 35.4 Å². The Morgan fingerprint density at radius 3 is 2.38 bits per heavy atom. The van der Waals surface area contributed by atoms with Gasteiger partial charge in [-0.3, -0.25) is 4.79 Å². The lowest BCUT2D eigenvalue weighted by atomic mass is 10.0. The van der Waals surface area contributed by atoms with Crippen molar-refractivity contribution in [3.8, 4) is 6.07 Å². The Bertz CT molecular complexity index is 348. The van der Waals surface area contributed by atoms with Gasteiger partial charge in [0.05, 0.1) is 17.6 Å². The lowest BCUT2D eigenvalue weighted by Crippen LogP contribution is -2.06. The van der Waals surface area contributed by atoms with E-state index in [-0.39, 0.29) is 0 Å². The summed E-state index contributed by atoms with van der Waals surface area (Å²) >= 11 is 0. The summed E-state index contributed by atoms with van der Waals surface area (Å²) in [6.45, 7) is 1.61. The van der Waals surface area contributed by atoms with Gasteiger partial charge in [-0.1, -0.05) is 12.1 Å². The molecule has 0 aromatic heterocycles. The van der Waals surface area contributed by atoms with Crippen LogP contribution in [-0.4, -0.2) is 11.1 Å². The normalized spacial score (nSPS) is 11.7. The minimum atomic E-state index is -0.857. The van der Waals surface area contributed by atoms with Crippen LogP contribution in [0.1, 0.15) is 24.0 Å². The van der Waals surface area contributed by atoms with Crippen molar-refractivity contribution in [2.75, 3.05) is 0 Å². The molecule has 0 saturated carbocycles. The predicted octanol–water partition coefficient (Wildman–Crippen LogP) is 1.75. The van der Waals surface area contributed by atoms with Gasteiger partial charge in [0.15, 0.2) is 0 Å². The van der Waals surface area contributed by atoms with Crippen molar-refractivity contribution in [1.29, 1.82) is 5.26 Å². The van der Waals surface area contributed by atoms with Crippen molar-refractivity contribution in [1.82, 2.24) is 0 Å². The number of carboxylic acids is 1. The molecule has 1 atom stereocenters. The van der Waals surface area contributed by atoms with Crippen LogP contribution in [0.25, 0.3) is 0 Å². The number of aliphatic carboxylic acids is 1. The van der Waals surface area contributed by atoms with Crippen LogP contribution in [0.2, 0.25) is 0 Å². The number of rotatable bonds is 2. The summed E-state index contributed by atoms with van der Waals surface area (Å²) in [6.07, 6.45) is 0. The number of nitriles is 1. The van der Waals surface area contributed by atoms with Crippen LogP contribution in [0.4, 0.5) is 0 Å². The minimum absolute atomic E-state index is 0.521. The third-order valence-electron chi connectivity index (χ3n) is 1.91. The van der Waals surface area contributed by atoms with E-state index >= 15 is 0 Å². The Morgan fingerprint density at radius 1 is 1.46 bits per heavy atom. The SMILES string of the molecule is C[C@H](C(=O)O)c1ccc(C#N)cc1. The Hall–Kier alpha value is -1.82. The fraction of sp³-hybridized carbons (Fsp3) is 0.200. The summed E-state index contributed by atoms with van der Waals surface area (Å²) in [5.41, 5.74) is 1.26. The molecular formula is C10H9NO2. The fourth-order valence-electron chi connectivity index (χ4n) is 0.989. The third-order valence-corrected chi connectivity index (χ3v) is 1.91. The van der Waals surface area contributed by atoms with Gasteiger partial charge in [0.1, 0.15) is 0 Å². The van der Waals surface area contributed by atoms with Gasteiger partial charge >= 0.3 is 5.97 Å². The predicted molar refractivity (Wildman–Crippen MR) is 47.2 cm³/mol. The van der Waals surface area contributed by atoms with E-state index in [1.807, 2.05) is 6.07 Å². The molecule has 1 aromatic carbocycles. The smallest absolute Gasteiger partial charge is 0.310 e. The molecule has 3 heteroatoms. The van der Waals surface area contributed by atoms with Gasteiger partial charge in [0.2, 0.25) is 0 Å². The molecule has 0 spiro atoms. The summed E-state index contributed by atoms with van der Waals surface area (Å²) in [7, 11) is 0. The van der Waals surface area contributed by atoms with E-state index in [0.717, 1.165) is 0 Å². The molecule has 1 rings (SSSR count). The number of carbonyl (C=O) groups is 1. The highest BCUT2D eigenvalue weighted by molar-refractivity contribution is 5.75. The average Bonchev–Trinajstić information content (AvgIpc) is 2.17. The molecule has 0 saturated heterocycles. The zero-order chi connectivity index (χ0) is 9.84. The molecule has 1 N–H and O–H groups in total. The van der Waals surface area contributed by atoms with Crippen LogP contribution in [0.3, 0.4) is 0 Å². The Labute approximate surface area is 76.2 Å². The van der Waals surface area contributed by atoms with Crippen LogP contribution in [0.5, 0.6) is 0 Å². The molecule has 0 unspecified atom stereocenters. The summed E-state index contributed by atoms with van der Waals surface area (Å²) in [6, 6.07) is 8.54. The highest BCUT2D eigenvalue weighted by Crippen LogP contribution is 2.15. The second-order valence-electron chi connectivity index (χ2n) is 2.79. The van der Waals surface area contributed by atoms with Crippen molar-refractivity contribution in [2.45, 2.75) is 12.8 Å². The van der Waals surface area contributed by atoms with Gasteiger partial charge in [0, 0.05) is 0 Å². The Balaban J connectivity index is 2.93. The van der Waals surface area contributed by atoms with Crippen molar-refractivity contribution in [2.24, 2.45) is 0 Å². The largest absolute Gasteiger partial charge is 0.481 e. The monoisotopic (exact) mass is 175 g/mol. The van der Waals surface area contributed by atoms with Gasteiger partial charge in [-0.2, -0.15) is 5.26 Å². The van der Waals surface area contributed by atoms with E-state index in [0.29, 0.717) is 11.1 Å². The van der Waals surface area contributed by atoms with E-state index in [9.17, 15) is 4.79 Å². The standard InChI is InChI=1S/C10H9NO2/c1-7(10(12)13)9-4-2-8(6-11)3-5-9/h2-5,7H,1H3,(H,12,13)/t7-/m0/s1. The summed E-state index contributed by atoms with van der Waals surface area (Å²) < 4.78 is 0. The molecule has 13 heavy (non-hydrogen) atoms. The maximum Gasteiger partial charge on any atom is 0.310 e. The zero-order valence-electron chi connectivity index (χ0n) is 7.19. The van der Waals surface area contributed by atoms with Crippen molar-refractivity contribution >= 4 is 5.97 Å². The third kappa shape index (κ3) is 2.06. The minimum Gasteiger partial charge on any atom is -0.481 e. The fourth-order valence-corrected chi connectivity index (χ4v) is 0.989. The number of carboxylic acid groups (broad SMARTS) is 1. The van der Waals surface area contributed by atoms with Crippen LogP contribution < -0.4 is 0 Å². The van der Waals surface area contributed by atoms with Crippen LogP contribution in [-0.2, 0) is 4.79 Å². The van der Waals surface area contributed by atoms with Gasteiger partial charge in [0.25, 0.3) is 0 Å². The van der Waals surface area contributed by atoms with Crippen LogP contribution in [0.15, 0.2) is 24.3 Å². The first kappa shape index (κ1) is 9.27. The lowest BCUT2D eigenvalue weighted by molar-refractivity contribution is -0.138. The molecule has 0 aliphatic rings. The Morgan fingerprint density at radius 2 is 2.00 bits per heavy atom. The van der Waals surface area contributed by atoms with E-state index in [1.165, 1.54) is 0 Å². The van der Waals surface area contributed by atoms with Gasteiger partial charge in [-0.25, -0.2) is 0 Å². The first-order chi connectivity index (χ1) is 6.15. The molecule has 3 nitrogen and oxygen atoms in total. The molecule has 0 aliphatic carbocycles. The topological polar surface area (TPSA) is 61.1 Å². The van der Waals surface area contributed by atoms with E-state index in [4.69, 9.17) is 10.4 Å². The summed E-state index contributed by atoms with van der Waals surface area (Å²) in [4.78, 5) is 10.6. The quantitative estimate of drug-likeness (QED) is 0.744. The molecule has 0 radical (unpaired) electrons. The van der Waals surface area contributed by atoms with Crippen LogP contribution >= 0.6 is 0 Å². The first-order valence-electron chi connectivity index (χ1n) is 3.88. The lowest BCUT2D eigenvalue weighted by Gasteiger charge is -2.05. The molecule has 0 heterocycles. The number of hydrogen-bond acceptors (Lipinski definition) is 2. The summed E-state index contributed by atoms with van der Waals surface area (Å²) in [5, 5.41) is 17.2. The molecule has 1 aromatic rings. The Kier molecular flexibility index (Phi) is 2.65. The molecule has 0 amide bonds. The number of benzene rings is 1. The van der Waals surface area contributed by atoms with Gasteiger partial charge < -0.3 is 5.11 Å². The maximum absolute atomic E-state index is 10.6. The van der Waals surface area contributed by atoms with Crippen LogP contribution in [0, 0.1) is 11.3 Å². The summed E-state index contributed by atoms with van der Waals surface area (Å²) in [5.74, 6) is -1.38. The second-order valence-corrected chi connectivity index (χ2v) is 2.79. The molecule has 0 fully saturated rings. The van der Waals surface area contributed by atoms with E-state index < -0.39 is 11.9 Å². The number of hydrogen-bond donors (Lipinski definition) is 1. The van der Waals surface area contributed by atoms with E-state index in [2.05, 4.69) is 0 Å². The van der Waals surface area contributed by atoms with Gasteiger partial charge in [-0.05, 0) is 24.6 Å². The average molecular weight is 175 g/mol. The van der Waals surface area contributed by atoms with Gasteiger partial charge in [-0.15, -0.1) is 0 Å². The first-order valence-corrected chi connectivity index (χ1v) is 3.88. The second kappa shape index (κ2) is 3.72. The molecular weight excluding hydrogens is 166 g/mol. The molecule has 0 bridgehead atoms. The maximum atomic E-state index is 10.6. The van der Waals surface area contributed by atoms with Crippen molar-refractivity contribution < 1.29 is 9.90 Å². The molecule has 66 valence electrons. The van der Waals surface area contributed by atoms with Crippen molar-refractivity contribution in [3.63, 3.8) is 0 Å². The molecule has 0 aliphatic heterocycles. The van der Waals surface area contributed by atoms with E-state index in [1.54, 1.807) is 31.2 Å². The highest BCUT2D eigenvalue weighted by atomic mass is 16.4. The number of nitrogens with zero attached hydrogens (tertiary/aromatic N) is 1. The zero-order valence-corrected chi connectivity index (χ0v) is 7.19. The highest BCUT2D eigenvalue weighted by Gasteiger charge is 2.12.